The number of fused-ring (bicyclic) bond motifs is 2. The molecule has 3 nitrogen and oxygen atoms in total. The lowest BCUT2D eigenvalue weighted by Gasteiger charge is -2.12. The second-order valence-electron chi connectivity index (χ2n) is 4.93. The van der Waals surface area contributed by atoms with Crippen LogP contribution >= 0.6 is 0 Å². The van der Waals surface area contributed by atoms with Gasteiger partial charge in [0.1, 0.15) is 0 Å². The molecular formula is C18H13N3. The molecule has 0 saturated carbocycles. The Balaban J connectivity index is 1.87. The molecular weight excluding hydrogens is 258 g/mol. The summed E-state index contributed by atoms with van der Waals surface area (Å²) in [4.78, 5) is 8.35. The number of nitrogens with one attached hydrogen (secondary N) is 1. The van der Waals surface area contributed by atoms with Crippen molar-refractivity contribution in [1.82, 2.24) is 9.97 Å². The summed E-state index contributed by atoms with van der Waals surface area (Å²) >= 11 is 0. The van der Waals surface area contributed by atoms with Gasteiger partial charge < -0.3 is 5.32 Å². The van der Waals surface area contributed by atoms with Crippen LogP contribution < -0.4 is 5.32 Å². The molecule has 1 N–H and O–H groups in total. The highest BCUT2D eigenvalue weighted by Gasteiger charge is 2.04. The molecule has 100 valence electrons. The fourth-order valence-electron chi connectivity index (χ4n) is 2.61. The summed E-state index contributed by atoms with van der Waals surface area (Å²) in [5.41, 5.74) is 2.17. The summed E-state index contributed by atoms with van der Waals surface area (Å²) in [6, 6.07) is 16.5. The Labute approximate surface area is 122 Å². The highest BCUT2D eigenvalue weighted by molar-refractivity contribution is 6.00. The number of hydrogen-bond acceptors (Lipinski definition) is 3. The Morgan fingerprint density at radius 2 is 1.14 bits per heavy atom. The van der Waals surface area contributed by atoms with E-state index < -0.39 is 0 Å². The molecule has 0 unspecified atom stereocenters. The maximum atomic E-state index is 4.17. The normalized spacial score (nSPS) is 10.9. The second kappa shape index (κ2) is 4.87. The van der Waals surface area contributed by atoms with Gasteiger partial charge in [-0.2, -0.15) is 0 Å². The maximum absolute atomic E-state index is 4.17. The van der Waals surface area contributed by atoms with Gasteiger partial charge in [-0.25, -0.2) is 0 Å². The van der Waals surface area contributed by atoms with Crippen LogP contribution in [0.25, 0.3) is 21.5 Å². The van der Waals surface area contributed by atoms with Gasteiger partial charge in [-0.3, -0.25) is 9.97 Å². The molecule has 0 atom stereocenters. The molecule has 0 bridgehead atoms. The Morgan fingerprint density at radius 1 is 0.619 bits per heavy atom. The number of pyridine rings is 2. The van der Waals surface area contributed by atoms with Crippen LogP contribution in [-0.2, 0) is 0 Å². The van der Waals surface area contributed by atoms with E-state index in [0.29, 0.717) is 0 Å². The monoisotopic (exact) mass is 271 g/mol. The topological polar surface area (TPSA) is 37.8 Å². The van der Waals surface area contributed by atoms with Gasteiger partial charge in [0.05, 0.1) is 0 Å². The van der Waals surface area contributed by atoms with Crippen LogP contribution in [0.2, 0.25) is 0 Å². The zero-order valence-electron chi connectivity index (χ0n) is 11.3. The maximum Gasteiger partial charge on any atom is 0.0465 e. The molecule has 0 amide bonds. The van der Waals surface area contributed by atoms with Crippen LogP contribution in [0.1, 0.15) is 0 Å². The van der Waals surface area contributed by atoms with Gasteiger partial charge in [0.2, 0.25) is 0 Å². The third-order valence-electron chi connectivity index (χ3n) is 3.63. The fraction of sp³-hybridized carbons (Fsp3) is 0. The van der Waals surface area contributed by atoms with Gasteiger partial charge in [-0.05, 0) is 24.3 Å². The third kappa shape index (κ3) is 2.09. The highest BCUT2D eigenvalue weighted by Crippen LogP contribution is 2.29. The summed E-state index contributed by atoms with van der Waals surface area (Å²) < 4.78 is 0. The van der Waals surface area contributed by atoms with Crippen LogP contribution in [0.15, 0.2) is 73.3 Å². The van der Waals surface area contributed by atoms with E-state index in [9.17, 15) is 0 Å². The lowest BCUT2D eigenvalue weighted by molar-refractivity contribution is 1.36. The molecule has 2 aromatic heterocycles. The van der Waals surface area contributed by atoms with Gasteiger partial charge in [0, 0.05) is 57.7 Å². The van der Waals surface area contributed by atoms with E-state index >= 15 is 0 Å². The van der Waals surface area contributed by atoms with Gasteiger partial charge in [0.25, 0.3) is 0 Å². The summed E-state index contributed by atoms with van der Waals surface area (Å²) in [5.74, 6) is 0. The zero-order valence-corrected chi connectivity index (χ0v) is 11.3. The molecule has 0 aliphatic rings. The van der Waals surface area contributed by atoms with E-state index in [-0.39, 0.29) is 0 Å². The Hall–Kier alpha value is -2.94. The molecule has 0 spiro atoms. The molecule has 2 aromatic carbocycles. The van der Waals surface area contributed by atoms with Crippen molar-refractivity contribution in [2.75, 3.05) is 5.32 Å². The molecule has 4 aromatic rings. The quantitative estimate of drug-likeness (QED) is 0.582. The molecule has 3 heteroatoms. The van der Waals surface area contributed by atoms with E-state index in [1.165, 1.54) is 10.8 Å². The van der Waals surface area contributed by atoms with Crippen LogP contribution in [0.3, 0.4) is 0 Å². The minimum absolute atomic E-state index is 1.08. The number of nitrogens with zero attached hydrogens (tertiary/aromatic N) is 2. The number of hydrogen-bond donors (Lipinski definition) is 1. The van der Waals surface area contributed by atoms with Crippen molar-refractivity contribution >= 4 is 32.9 Å². The Kier molecular flexibility index (Phi) is 2.75. The molecule has 2 heterocycles. The predicted octanol–water partition coefficient (Wildman–Crippen LogP) is 4.53. The number of anilines is 2. The van der Waals surface area contributed by atoms with Gasteiger partial charge in [-0.1, -0.05) is 24.3 Å². The first-order chi connectivity index (χ1) is 10.4. The highest BCUT2D eigenvalue weighted by atomic mass is 14.9. The molecule has 0 saturated heterocycles. The van der Waals surface area contributed by atoms with Crippen molar-refractivity contribution < 1.29 is 0 Å². The van der Waals surface area contributed by atoms with E-state index in [4.69, 9.17) is 0 Å². The van der Waals surface area contributed by atoms with Crippen molar-refractivity contribution in [1.29, 1.82) is 0 Å². The lowest BCUT2D eigenvalue weighted by Crippen LogP contribution is -1.93. The van der Waals surface area contributed by atoms with E-state index in [1.807, 2.05) is 49.1 Å². The van der Waals surface area contributed by atoms with E-state index in [0.717, 1.165) is 22.1 Å². The average Bonchev–Trinajstić information content (AvgIpc) is 2.56. The molecule has 0 aliphatic carbocycles. The van der Waals surface area contributed by atoms with Gasteiger partial charge >= 0.3 is 0 Å². The zero-order chi connectivity index (χ0) is 14.1. The van der Waals surface area contributed by atoms with Crippen LogP contribution in [0.4, 0.5) is 11.4 Å². The first kappa shape index (κ1) is 11.9. The van der Waals surface area contributed by atoms with Gasteiger partial charge in [-0.15, -0.1) is 0 Å². The molecule has 4 rings (SSSR count). The molecule has 21 heavy (non-hydrogen) atoms. The van der Waals surface area contributed by atoms with Crippen molar-refractivity contribution in [3.63, 3.8) is 0 Å². The first-order valence-electron chi connectivity index (χ1n) is 6.84. The van der Waals surface area contributed by atoms with Gasteiger partial charge in [0.15, 0.2) is 0 Å². The lowest BCUT2D eigenvalue weighted by atomic mass is 10.1. The molecule has 0 aliphatic heterocycles. The largest absolute Gasteiger partial charge is 0.355 e. The third-order valence-corrected chi connectivity index (χ3v) is 3.63. The second-order valence-corrected chi connectivity index (χ2v) is 4.93. The summed E-state index contributed by atoms with van der Waals surface area (Å²) in [7, 11) is 0. The summed E-state index contributed by atoms with van der Waals surface area (Å²) in [6.07, 6.45) is 7.40. The summed E-state index contributed by atoms with van der Waals surface area (Å²) in [6.45, 7) is 0. The van der Waals surface area contributed by atoms with E-state index in [1.54, 1.807) is 0 Å². The Morgan fingerprint density at radius 3 is 1.67 bits per heavy atom. The minimum Gasteiger partial charge on any atom is -0.355 e. The van der Waals surface area contributed by atoms with Crippen molar-refractivity contribution in [2.24, 2.45) is 0 Å². The minimum atomic E-state index is 1.08. The first-order valence-corrected chi connectivity index (χ1v) is 6.84. The molecule has 0 radical (unpaired) electrons. The molecule has 0 fully saturated rings. The fourth-order valence-corrected chi connectivity index (χ4v) is 2.61. The van der Waals surface area contributed by atoms with Crippen LogP contribution in [0.5, 0.6) is 0 Å². The standard InChI is InChI=1S/C18H13N3/c1-3-13-11-19-9-7-15(13)17(5-1)21-18-6-2-4-14-12-20-10-8-16(14)18/h1-12,21H. The number of aromatic nitrogens is 2. The number of benzene rings is 2. The van der Waals surface area contributed by atoms with Crippen molar-refractivity contribution in [3.8, 4) is 0 Å². The van der Waals surface area contributed by atoms with Crippen molar-refractivity contribution in [2.45, 2.75) is 0 Å². The van der Waals surface area contributed by atoms with Crippen molar-refractivity contribution in [3.05, 3.63) is 73.3 Å². The summed E-state index contributed by atoms with van der Waals surface area (Å²) in [5, 5.41) is 8.12. The van der Waals surface area contributed by atoms with Crippen LogP contribution in [0, 0.1) is 0 Å². The number of rotatable bonds is 2. The predicted molar refractivity (Wildman–Crippen MR) is 86.8 cm³/mol. The Bertz CT molecular complexity index is 844. The van der Waals surface area contributed by atoms with Crippen LogP contribution in [-0.4, -0.2) is 9.97 Å². The van der Waals surface area contributed by atoms with E-state index in [2.05, 4.69) is 39.6 Å². The smallest absolute Gasteiger partial charge is 0.0465 e. The SMILES string of the molecule is c1cc(Nc2cccc3cnccc23)c2ccncc2c1. The average molecular weight is 271 g/mol.